The number of amides is 1. The third-order valence-corrected chi connectivity index (χ3v) is 4.24. The van der Waals surface area contributed by atoms with Crippen LogP contribution in [-0.4, -0.2) is 53.6 Å². The number of rotatable bonds is 2. The van der Waals surface area contributed by atoms with Crippen LogP contribution in [0.25, 0.3) is 0 Å². The molecule has 0 aliphatic carbocycles. The molecule has 0 radical (unpaired) electrons. The summed E-state index contributed by atoms with van der Waals surface area (Å²) in [6.45, 7) is 1.10. The maximum absolute atomic E-state index is 12.6. The minimum atomic E-state index is -1.21. The Bertz CT molecular complexity index is 771. The molecule has 2 unspecified atom stereocenters. The van der Waals surface area contributed by atoms with Crippen LogP contribution >= 0.6 is 0 Å². The van der Waals surface area contributed by atoms with Crippen LogP contribution in [0.5, 0.6) is 0 Å². The van der Waals surface area contributed by atoms with E-state index in [-0.39, 0.29) is 23.5 Å². The Morgan fingerprint density at radius 3 is 2.83 bits per heavy atom. The number of nitrogens with zero attached hydrogens (tertiary/aromatic N) is 3. The number of guanidine groups is 1. The Kier molecular flexibility index (Phi) is 2.70. The zero-order valence-electron chi connectivity index (χ0n) is 12.0. The molecule has 9 nitrogen and oxygen atoms in total. The highest BCUT2D eigenvalue weighted by Crippen LogP contribution is 2.33. The fourth-order valence-electron chi connectivity index (χ4n) is 3.17. The molecule has 1 aromatic rings. The van der Waals surface area contributed by atoms with Gasteiger partial charge >= 0.3 is 5.97 Å². The van der Waals surface area contributed by atoms with Crippen molar-refractivity contribution in [2.45, 2.75) is 11.7 Å². The first kappa shape index (κ1) is 13.7. The van der Waals surface area contributed by atoms with Gasteiger partial charge in [-0.15, -0.1) is 0 Å². The summed E-state index contributed by atoms with van der Waals surface area (Å²) >= 11 is 0. The molecule has 0 saturated carbocycles. The topological polar surface area (TPSA) is 132 Å². The van der Waals surface area contributed by atoms with Gasteiger partial charge in [0.05, 0.1) is 11.6 Å². The molecule has 1 amide bonds. The second-order valence-electron chi connectivity index (χ2n) is 5.61. The van der Waals surface area contributed by atoms with Crippen molar-refractivity contribution >= 4 is 29.4 Å². The maximum atomic E-state index is 12.6. The third-order valence-electron chi connectivity index (χ3n) is 4.24. The number of hydrogen-bond acceptors (Lipinski definition) is 7. The number of carbonyl (C=O) groups excluding carboxylic acids is 1. The Labute approximate surface area is 130 Å². The van der Waals surface area contributed by atoms with Crippen LogP contribution in [0.3, 0.4) is 0 Å². The summed E-state index contributed by atoms with van der Waals surface area (Å²) in [5, 5.41) is 14.7. The number of aromatic carboxylic acids is 1. The van der Waals surface area contributed by atoms with Gasteiger partial charge < -0.3 is 15.7 Å². The first-order valence-corrected chi connectivity index (χ1v) is 7.10. The molecule has 1 aromatic carbocycles. The lowest BCUT2D eigenvalue weighted by Crippen LogP contribution is -2.81. The summed E-state index contributed by atoms with van der Waals surface area (Å²) in [6.07, 6.45) is 0. The predicted octanol–water partition coefficient (Wildman–Crippen LogP) is -1.28. The van der Waals surface area contributed by atoms with Gasteiger partial charge in [0.1, 0.15) is 0 Å². The van der Waals surface area contributed by atoms with Crippen molar-refractivity contribution in [3.05, 3.63) is 29.8 Å². The normalized spacial score (nSPS) is 28.6. The molecule has 2 atom stereocenters. The van der Waals surface area contributed by atoms with E-state index >= 15 is 0 Å². The highest BCUT2D eigenvalue weighted by molar-refractivity contribution is 6.25. The number of carboxylic acids is 1. The Morgan fingerprint density at radius 1 is 1.39 bits per heavy atom. The second-order valence-corrected chi connectivity index (χ2v) is 5.61. The van der Waals surface area contributed by atoms with Crippen molar-refractivity contribution < 1.29 is 14.7 Å². The van der Waals surface area contributed by atoms with Gasteiger partial charge in [-0.2, -0.15) is 4.99 Å². The van der Waals surface area contributed by atoms with E-state index in [0.29, 0.717) is 24.6 Å². The fraction of sp³-hybridized carbons (Fsp3) is 0.286. The molecule has 5 N–H and O–H groups in total. The lowest BCUT2D eigenvalue weighted by atomic mass is 9.93. The highest BCUT2D eigenvalue weighted by atomic mass is 16.4. The van der Waals surface area contributed by atoms with Gasteiger partial charge in [-0.3, -0.25) is 20.4 Å². The van der Waals surface area contributed by atoms with E-state index in [1.165, 1.54) is 12.1 Å². The molecular weight excluding hydrogens is 300 g/mol. The van der Waals surface area contributed by atoms with Crippen LogP contribution in [0.15, 0.2) is 34.3 Å². The maximum Gasteiger partial charge on any atom is 0.335 e. The van der Waals surface area contributed by atoms with Crippen LogP contribution in [0.2, 0.25) is 0 Å². The largest absolute Gasteiger partial charge is 0.478 e. The SMILES string of the molecule is NC1=NC2=NC3CNC2(C(=O)N1)N(c1ccc(C(=O)O)cc1)C3. The Morgan fingerprint density at radius 2 is 2.13 bits per heavy atom. The number of nitrogens with one attached hydrogen (secondary N) is 2. The molecule has 4 heterocycles. The predicted molar refractivity (Wildman–Crippen MR) is 82.5 cm³/mol. The molecule has 0 aromatic heterocycles. The standard InChI is InChI=1S/C14H14N6O3/c15-13-18-11-14(12(23)19-13)16-5-8(17-11)6-20(14)9-3-1-7(2-4-9)10(21)22/h1-4,8,16H,5-6H2,(H,21,22)(H3,15,17,18,19,23). The molecule has 4 aliphatic heterocycles. The van der Waals surface area contributed by atoms with E-state index in [0.717, 1.165) is 0 Å². The molecular formula is C14H14N6O3. The van der Waals surface area contributed by atoms with Crippen LogP contribution in [-0.2, 0) is 4.79 Å². The molecule has 23 heavy (non-hydrogen) atoms. The Hall–Kier alpha value is -2.94. The van der Waals surface area contributed by atoms with Crippen molar-refractivity contribution in [2.75, 3.05) is 18.0 Å². The van der Waals surface area contributed by atoms with Gasteiger partial charge in [-0.1, -0.05) is 0 Å². The van der Waals surface area contributed by atoms with E-state index in [1.807, 2.05) is 4.90 Å². The van der Waals surface area contributed by atoms with Gasteiger partial charge in [0.15, 0.2) is 5.84 Å². The van der Waals surface area contributed by atoms with E-state index in [9.17, 15) is 9.59 Å². The lowest BCUT2D eigenvalue weighted by Gasteiger charge is -2.53. The van der Waals surface area contributed by atoms with Crippen LogP contribution in [0.4, 0.5) is 5.69 Å². The number of amidine groups is 1. The zero-order chi connectivity index (χ0) is 16.2. The zero-order valence-corrected chi connectivity index (χ0v) is 12.0. The number of anilines is 1. The molecule has 4 aliphatic rings. The molecule has 1 spiro atoms. The van der Waals surface area contributed by atoms with Crippen molar-refractivity contribution in [1.82, 2.24) is 10.6 Å². The first-order chi connectivity index (χ1) is 11.0. The van der Waals surface area contributed by atoms with Crippen molar-refractivity contribution in [3.63, 3.8) is 0 Å². The summed E-state index contributed by atoms with van der Waals surface area (Å²) in [5.41, 5.74) is 5.32. The highest BCUT2D eigenvalue weighted by Gasteiger charge is 2.57. The number of benzene rings is 1. The van der Waals surface area contributed by atoms with Gasteiger partial charge in [0.2, 0.25) is 11.6 Å². The summed E-state index contributed by atoms with van der Waals surface area (Å²) in [5.74, 6) is -0.981. The Balaban J connectivity index is 1.80. The quantitative estimate of drug-likeness (QED) is 0.537. The van der Waals surface area contributed by atoms with Crippen molar-refractivity contribution in [1.29, 1.82) is 0 Å². The third kappa shape index (κ3) is 1.83. The van der Waals surface area contributed by atoms with Gasteiger partial charge in [-0.05, 0) is 24.3 Å². The summed E-state index contributed by atoms with van der Waals surface area (Å²) in [7, 11) is 0. The van der Waals surface area contributed by atoms with E-state index < -0.39 is 11.6 Å². The monoisotopic (exact) mass is 314 g/mol. The van der Waals surface area contributed by atoms with Crippen LogP contribution in [0, 0.1) is 0 Å². The molecule has 2 bridgehead atoms. The summed E-state index contributed by atoms with van der Waals surface area (Å²) < 4.78 is 0. The lowest BCUT2D eigenvalue weighted by molar-refractivity contribution is -0.124. The average molecular weight is 314 g/mol. The average Bonchev–Trinajstić information content (AvgIpc) is 2.54. The summed E-state index contributed by atoms with van der Waals surface area (Å²) in [4.78, 5) is 34.1. The van der Waals surface area contributed by atoms with E-state index in [2.05, 4.69) is 20.6 Å². The first-order valence-electron chi connectivity index (χ1n) is 7.10. The summed E-state index contributed by atoms with van der Waals surface area (Å²) in [6, 6.07) is 6.31. The fourth-order valence-corrected chi connectivity index (χ4v) is 3.17. The number of hydrogen-bond donors (Lipinski definition) is 4. The number of aliphatic imine (C=N–C) groups is 2. The van der Waals surface area contributed by atoms with E-state index in [4.69, 9.17) is 10.8 Å². The molecule has 5 rings (SSSR count). The van der Waals surface area contributed by atoms with Gasteiger partial charge in [-0.25, -0.2) is 4.79 Å². The molecule has 1 saturated heterocycles. The smallest absolute Gasteiger partial charge is 0.335 e. The minimum absolute atomic E-state index is 0.0231. The van der Waals surface area contributed by atoms with E-state index in [1.54, 1.807) is 12.1 Å². The number of nitrogens with two attached hydrogens (primary N) is 1. The van der Waals surface area contributed by atoms with Gasteiger partial charge in [0.25, 0.3) is 5.91 Å². The van der Waals surface area contributed by atoms with Gasteiger partial charge in [0, 0.05) is 18.8 Å². The van der Waals surface area contributed by atoms with Crippen LogP contribution in [0.1, 0.15) is 10.4 Å². The number of fused-ring (bicyclic) bond motifs is 2. The molecule has 1 fully saturated rings. The van der Waals surface area contributed by atoms with Crippen molar-refractivity contribution in [3.8, 4) is 0 Å². The molecule has 9 heteroatoms. The second kappa shape index (κ2) is 4.53. The molecule has 118 valence electrons. The van der Waals surface area contributed by atoms with Crippen LogP contribution < -0.4 is 21.3 Å². The number of carbonyl (C=O) groups is 2. The van der Waals surface area contributed by atoms with Crippen molar-refractivity contribution in [2.24, 2.45) is 15.7 Å². The minimum Gasteiger partial charge on any atom is -0.478 e. The number of carboxylic acid groups (broad SMARTS) is 1.